The minimum Gasteiger partial charge on any atom is -0.464 e. The molecule has 0 saturated carbocycles. The molecule has 0 aromatic rings. The maximum absolute atomic E-state index is 10.2. The standard InChI is InChI=1S/C13H25BrO2/c1-2-3-4-5-6-7-8-9-10-13(11-14)16-12-15/h12-13H,2-11H2,1H3. The van der Waals surface area contributed by atoms with E-state index in [2.05, 4.69) is 22.9 Å². The molecule has 0 rings (SSSR count). The summed E-state index contributed by atoms with van der Waals surface area (Å²) < 4.78 is 4.92. The second-order valence-electron chi connectivity index (χ2n) is 4.27. The Kier molecular flexibility index (Phi) is 13.0. The van der Waals surface area contributed by atoms with Crippen LogP contribution in [0.3, 0.4) is 0 Å². The minimum atomic E-state index is 0.0672. The summed E-state index contributed by atoms with van der Waals surface area (Å²) in [5.74, 6) is 0. The SMILES string of the molecule is CCCCCCCCCCC(CBr)OC=O. The molecule has 0 aliphatic heterocycles. The Hall–Kier alpha value is -0.0500. The Morgan fingerprint density at radius 2 is 1.62 bits per heavy atom. The van der Waals surface area contributed by atoms with Crippen LogP contribution in [-0.4, -0.2) is 17.9 Å². The van der Waals surface area contributed by atoms with Crippen molar-refractivity contribution in [3.05, 3.63) is 0 Å². The first-order valence-corrected chi connectivity index (χ1v) is 7.62. The third-order valence-corrected chi connectivity index (χ3v) is 3.52. The van der Waals surface area contributed by atoms with Gasteiger partial charge >= 0.3 is 0 Å². The fourth-order valence-corrected chi connectivity index (χ4v) is 2.24. The molecule has 1 atom stereocenters. The number of hydrogen-bond acceptors (Lipinski definition) is 2. The normalized spacial score (nSPS) is 12.4. The zero-order chi connectivity index (χ0) is 12.1. The second-order valence-corrected chi connectivity index (χ2v) is 4.92. The Labute approximate surface area is 108 Å². The number of carbonyl (C=O) groups excluding carboxylic acids is 1. The summed E-state index contributed by atoms with van der Waals surface area (Å²) >= 11 is 3.34. The number of unbranched alkanes of at least 4 members (excludes halogenated alkanes) is 7. The monoisotopic (exact) mass is 292 g/mol. The molecule has 0 aliphatic rings. The van der Waals surface area contributed by atoms with E-state index in [0.29, 0.717) is 6.47 Å². The zero-order valence-corrected chi connectivity index (χ0v) is 12.0. The third kappa shape index (κ3) is 10.5. The Bertz CT molecular complexity index is 151. The zero-order valence-electron chi connectivity index (χ0n) is 10.4. The van der Waals surface area contributed by atoms with Crippen LogP contribution in [0, 0.1) is 0 Å². The topological polar surface area (TPSA) is 26.3 Å². The summed E-state index contributed by atoms with van der Waals surface area (Å²) in [5, 5.41) is 0.752. The predicted molar refractivity (Wildman–Crippen MR) is 72.0 cm³/mol. The lowest BCUT2D eigenvalue weighted by molar-refractivity contribution is -0.132. The van der Waals surface area contributed by atoms with Crippen LogP contribution < -0.4 is 0 Å². The lowest BCUT2D eigenvalue weighted by Gasteiger charge is -2.11. The fourth-order valence-electron chi connectivity index (χ4n) is 1.77. The van der Waals surface area contributed by atoms with Crippen LogP contribution in [0.5, 0.6) is 0 Å². The second kappa shape index (κ2) is 13.0. The van der Waals surface area contributed by atoms with Crippen molar-refractivity contribution < 1.29 is 9.53 Å². The van der Waals surface area contributed by atoms with E-state index in [1.807, 2.05) is 0 Å². The number of rotatable bonds is 12. The molecule has 0 aromatic heterocycles. The van der Waals surface area contributed by atoms with Gasteiger partial charge in [0.1, 0.15) is 6.10 Å². The van der Waals surface area contributed by atoms with Gasteiger partial charge < -0.3 is 4.74 Å². The molecule has 0 amide bonds. The van der Waals surface area contributed by atoms with Crippen LogP contribution in [0.25, 0.3) is 0 Å². The first-order valence-electron chi connectivity index (χ1n) is 6.50. The number of alkyl halides is 1. The number of ether oxygens (including phenoxy) is 1. The lowest BCUT2D eigenvalue weighted by atomic mass is 10.1. The van der Waals surface area contributed by atoms with Gasteiger partial charge in [-0.1, -0.05) is 67.8 Å². The number of carbonyl (C=O) groups is 1. The van der Waals surface area contributed by atoms with E-state index >= 15 is 0 Å². The van der Waals surface area contributed by atoms with Crippen LogP contribution in [0.2, 0.25) is 0 Å². The van der Waals surface area contributed by atoms with E-state index in [-0.39, 0.29) is 6.10 Å². The number of hydrogen-bond donors (Lipinski definition) is 0. The van der Waals surface area contributed by atoms with Crippen LogP contribution in [-0.2, 0) is 9.53 Å². The van der Waals surface area contributed by atoms with Gasteiger partial charge in [0.05, 0.1) is 0 Å². The molecule has 0 aromatic carbocycles. The van der Waals surface area contributed by atoms with Gasteiger partial charge in [0.15, 0.2) is 0 Å². The molecule has 0 saturated heterocycles. The van der Waals surface area contributed by atoms with Crippen molar-refractivity contribution in [3.8, 4) is 0 Å². The van der Waals surface area contributed by atoms with Crippen molar-refractivity contribution >= 4 is 22.4 Å². The molecule has 1 unspecified atom stereocenters. The lowest BCUT2D eigenvalue weighted by Crippen LogP contribution is -2.13. The van der Waals surface area contributed by atoms with E-state index in [0.717, 1.165) is 18.2 Å². The first kappa shape index (κ1) is 16.0. The fraction of sp³-hybridized carbons (Fsp3) is 0.923. The summed E-state index contributed by atoms with van der Waals surface area (Å²) in [6, 6.07) is 0. The molecule has 2 nitrogen and oxygen atoms in total. The van der Waals surface area contributed by atoms with Crippen molar-refractivity contribution in [2.45, 2.75) is 70.8 Å². The van der Waals surface area contributed by atoms with Gasteiger partial charge in [-0.2, -0.15) is 0 Å². The number of halogens is 1. The highest BCUT2D eigenvalue weighted by atomic mass is 79.9. The van der Waals surface area contributed by atoms with Crippen LogP contribution in [0.1, 0.15) is 64.7 Å². The first-order chi connectivity index (χ1) is 7.85. The molecular weight excluding hydrogens is 268 g/mol. The predicted octanol–water partition coefficient (Wildman–Crippen LogP) is 4.45. The van der Waals surface area contributed by atoms with E-state index in [1.165, 1.54) is 44.9 Å². The quantitative estimate of drug-likeness (QED) is 0.302. The van der Waals surface area contributed by atoms with Crippen molar-refractivity contribution in [1.29, 1.82) is 0 Å². The average molecular weight is 293 g/mol. The maximum atomic E-state index is 10.2. The minimum absolute atomic E-state index is 0.0672. The van der Waals surface area contributed by atoms with Crippen LogP contribution in [0.15, 0.2) is 0 Å². The molecule has 0 bridgehead atoms. The van der Waals surface area contributed by atoms with Crippen LogP contribution >= 0.6 is 15.9 Å². The van der Waals surface area contributed by atoms with Crippen molar-refractivity contribution in [1.82, 2.24) is 0 Å². The van der Waals surface area contributed by atoms with E-state index in [9.17, 15) is 4.79 Å². The van der Waals surface area contributed by atoms with Gasteiger partial charge in [0, 0.05) is 5.33 Å². The summed E-state index contributed by atoms with van der Waals surface area (Å²) in [6.45, 7) is 2.80. The molecule has 0 N–H and O–H groups in total. The van der Waals surface area contributed by atoms with E-state index in [1.54, 1.807) is 0 Å². The highest BCUT2D eigenvalue weighted by Gasteiger charge is 2.05. The summed E-state index contributed by atoms with van der Waals surface area (Å²) in [7, 11) is 0. The van der Waals surface area contributed by atoms with Crippen molar-refractivity contribution in [2.24, 2.45) is 0 Å². The van der Waals surface area contributed by atoms with Gasteiger partial charge in [0.25, 0.3) is 6.47 Å². The Morgan fingerprint density at radius 3 is 2.12 bits per heavy atom. The molecule has 0 fully saturated rings. The van der Waals surface area contributed by atoms with Gasteiger partial charge in [-0.05, 0) is 12.8 Å². The van der Waals surface area contributed by atoms with E-state index in [4.69, 9.17) is 4.74 Å². The average Bonchev–Trinajstić information content (AvgIpc) is 2.31. The van der Waals surface area contributed by atoms with E-state index < -0.39 is 0 Å². The largest absolute Gasteiger partial charge is 0.464 e. The Balaban J connectivity index is 3.15. The molecule has 0 spiro atoms. The van der Waals surface area contributed by atoms with Crippen LogP contribution in [0.4, 0.5) is 0 Å². The Morgan fingerprint density at radius 1 is 1.06 bits per heavy atom. The highest BCUT2D eigenvalue weighted by Crippen LogP contribution is 2.12. The molecule has 0 aliphatic carbocycles. The molecule has 16 heavy (non-hydrogen) atoms. The highest BCUT2D eigenvalue weighted by molar-refractivity contribution is 9.09. The van der Waals surface area contributed by atoms with Gasteiger partial charge in [-0.25, -0.2) is 0 Å². The van der Waals surface area contributed by atoms with Crippen molar-refractivity contribution in [3.63, 3.8) is 0 Å². The van der Waals surface area contributed by atoms with Gasteiger partial charge in [0.2, 0.25) is 0 Å². The summed E-state index contributed by atoms with van der Waals surface area (Å²) in [5.41, 5.74) is 0. The molecule has 0 radical (unpaired) electrons. The maximum Gasteiger partial charge on any atom is 0.293 e. The summed E-state index contributed by atoms with van der Waals surface area (Å²) in [4.78, 5) is 10.2. The molecule has 3 heteroatoms. The smallest absolute Gasteiger partial charge is 0.293 e. The van der Waals surface area contributed by atoms with Crippen molar-refractivity contribution in [2.75, 3.05) is 5.33 Å². The van der Waals surface area contributed by atoms with Gasteiger partial charge in [-0.3, -0.25) is 4.79 Å². The molecule has 0 heterocycles. The molecular formula is C13H25BrO2. The molecule has 96 valence electrons. The summed E-state index contributed by atoms with van der Waals surface area (Å²) in [6.07, 6.45) is 11.6. The van der Waals surface area contributed by atoms with Gasteiger partial charge in [-0.15, -0.1) is 0 Å². The third-order valence-electron chi connectivity index (χ3n) is 2.80.